The van der Waals surface area contributed by atoms with Crippen LogP contribution in [0.5, 0.6) is 17.2 Å². The van der Waals surface area contributed by atoms with Crippen LogP contribution in [-0.2, 0) is 4.79 Å². The van der Waals surface area contributed by atoms with Gasteiger partial charge in [0.1, 0.15) is 5.75 Å². The van der Waals surface area contributed by atoms with Crippen LogP contribution in [0.3, 0.4) is 0 Å². The van der Waals surface area contributed by atoms with Crippen LogP contribution in [0.4, 0.5) is 5.69 Å². The lowest BCUT2D eigenvalue weighted by Gasteiger charge is -2.13. The van der Waals surface area contributed by atoms with Crippen molar-refractivity contribution in [2.45, 2.75) is 6.92 Å². The summed E-state index contributed by atoms with van der Waals surface area (Å²) in [6, 6.07) is 17.6. The zero-order valence-corrected chi connectivity index (χ0v) is 20.5. The van der Waals surface area contributed by atoms with E-state index in [1.165, 1.54) is 13.3 Å². The number of nitrogens with one attached hydrogen (secondary N) is 2. The van der Waals surface area contributed by atoms with Crippen LogP contribution < -0.4 is 25.0 Å². The molecule has 3 rings (SSSR count). The van der Waals surface area contributed by atoms with Crippen molar-refractivity contribution in [2.24, 2.45) is 5.10 Å². The van der Waals surface area contributed by atoms with E-state index in [0.29, 0.717) is 38.5 Å². The minimum absolute atomic E-state index is 0.221. The van der Waals surface area contributed by atoms with E-state index in [9.17, 15) is 9.59 Å². The van der Waals surface area contributed by atoms with Crippen molar-refractivity contribution in [2.75, 3.05) is 26.1 Å². The number of amides is 2. The van der Waals surface area contributed by atoms with Gasteiger partial charge >= 0.3 is 0 Å². The molecular formula is C25H24BrN3O5. The molecule has 0 aliphatic carbocycles. The first-order valence-electron chi connectivity index (χ1n) is 10.2. The minimum atomic E-state index is -0.330. The van der Waals surface area contributed by atoms with Crippen molar-refractivity contribution in [3.8, 4) is 17.2 Å². The Hall–Kier alpha value is -3.85. The number of hydrogen-bond donors (Lipinski definition) is 2. The summed E-state index contributed by atoms with van der Waals surface area (Å²) in [4.78, 5) is 24.5. The van der Waals surface area contributed by atoms with Gasteiger partial charge in [-0.1, -0.05) is 17.7 Å². The molecule has 176 valence electrons. The molecule has 9 heteroatoms. The molecule has 0 radical (unpaired) electrons. The normalized spacial score (nSPS) is 10.6. The standard InChI is InChI=1S/C25H24BrN3O5/c1-16-4-6-18(7-5-16)25(31)29-27-14-17-12-21(26)24(22(13-17)33-3)34-15-23(30)28-19-8-10-20(32-2)11-9-19/h4-14H,15H2,1-3H3,(H,28,30)(H,29,31)/b27-14+. The number of halogens is 1. The van der Waals surface area contributed by atoms with Crippen molar-refractivity contribution >= 4 is 39.6 Å². The Morgan fingerprint density at radius 3 is 2.35 bits per heavy atom. The Balaban J connectivity index is 1.60. The molecule has 0 aliphatic rings. The van der Waals surface area contributed by atoms with Gasteiger partial charge in [0.2, 0.25) is 0 Å². The number of aryl methyl sites for hydroxylation is 1. The summed E-state index contributed by atoms with van der Waals surface area (Å²) < 4.78 is 16.7. The summed E-state index contributed by atoms with van der Waals surface area (Å²) >= 11 is 3.44. The van der Waals surface area contributed by atoms with E-state index < -0.39 is 0 Å². The number of benzene rings is 3. The summed E-state index contributed by atoms with van der Waals surface area (Å²) in [5, 5.41) is 6.75. The maximum atomic E-state index is 12.3. The third-order valence-corrected chi connectivity index (χ3v) is 5.26. The molecule has 2 N–H and O–H groups in total. The van der Waals surface area contributed by atoms with Crippen LogP contribution in [0.25, 0.3) is 0 Å². The average Bonchev–Trinajstić information content (AvgIpc) is 2.84. The van der Waals surface area contributed by atoms with E-state index in [1.54, 1.807) is 55.6 Å². The van der Waals surface area contributed by atoms with Gasteiger partial charge in [-0.05, 0) is 76.9 Å². The summed E-state index contributed by atoms with van der Waals surface area (Å²) in [5.41, 5.74) is 5.35. The lowest BCUT2D eigenvalue weighted by molar-refractivity contribution is -0.118. The second-order valence-corrected chi connectivity index (χ2v) is 8.02. The molecule has 3 aromatic rings. The lowest BCUT2D eigenvalue weighted by atomic mass is 10.1. The molecule has 3 aromatic carbocycles. The molecule has 0 saturated heterocycles. The second-order valence-electron chi connectivity index (χ2n) is 7.16. The summed E-state index contributed by atoms with van der Waals surface area (Å²) in [6.45, 7) is 1.73. The van der Waals surface area contributed by atoms with Crippen LogP contribution in [0.2, 0.25) is 0 Å². The molecule has 0 spiro atoms. The zero-order chi connectivity index (χ0) is 24.5. The number of hydrogen-bond acceptors (Lipinski definition) is 6. The molecule has 8 nitrogen and oxygen atoms in total. The molecule has 0 bridgehead atoms. The fourth-order valence-corrected chi connectivity index (χ4v) is 3.47. The van der Waals surface area contributed by atoms with E-state index in [4.69, 9.17) is 14.2 Å². The molecule has 0 saturated carbocycles. The van der Waals surface area contributed by atoms with Crippen LogP contribution in [0.1, 0.15) is 21.5 Å². The van der Waals surface area contributed by atoms with Gasteiger partial charge in [-0.15, -0.1) is 0 Å². The van der Waals surface area contributed by atoms with Gasteiger partial charge in [-0.3, -0.25) is 9.59 Å². The highest BCUT2D eigenvalue weighted by molar-refractivity contribution is 9.10. The van der Waals surface area contributed by atoms with E-state index >= 15 is 0 Å². The van der Waals surface area contributed by atoms with Crippen molar-refractivity contribution in [1.29, 1.82) is 0 Å². The Bertz CT molecular complexity index is 1180. The number of anilines is 1. The van der Waals surface area contributed by atoms with Crippen LogP contribution in [0, 0.1) is 6.92 Å². The Morgan fingerprint density at radius 1 is 1.00 bits per heavy atom. The van der Waals surface area contributed by atoms with Crippen LogP contribution in [-0.4, -0.2) is 38.9 Å². The number of nitrogens with zero attached hydrogens (tertiary/aromatic N) is 1. The van der Waals surface area contributed by atoms with Crippen molar-refractivity contribution in [3.05, 3.63) is 81.8 Å². The van der Waals surface area contributed by atoms with E-state index in [2.05, 4.69) is 31.8 Å². The smallest absolute Gasteiger partial charge is 0.271 e. The Morgan fingerprint density at radius 2 is 1.71 bits per heavy atom. The number of methoxy groups -OCH3 is 2. The molecule has 0 unspecified atom stereocenters. The summed E-state index contributed by atoms with van der Waals surface area (Å²) in [7, 11) is 3.07. The molecule has 0 atom stereocenters. The Labute approximate surface area is 206 Å². The number of rotatable bonds is 9. The first kappa shape index (κ1) is 24.8. The lowest BCUT2D eigenvalue weighted by Crippen LogP contribution is -2.20. The van der Waals surface area contributed by atoms with Gasteiger partial charge in [-0.25, -0.2) is 5.43 Å². The number of hydrazone groups is 1. The third-order valence-electron chi connectivity index (χ3n) is 4.67. The van der Waals surface area contributed by atoms with Crippen molar-refractivity contribution in [3.63, 3.8) is 0 Å². The molecule has 2 amide bonds. The van der Waals surface area contributed by atoms with Gasteiger partial charge in [-0.2, -0.15) is 5.10 Å². The predicted molar refractivity (Wildman–Crippen MR) is 134 cm³/mol. The summed E-state index contributed by atoms with van der Waals surface area (Å²) in [6.07, 6.45) is 1.49. The fourth-order valence-electron chi connectivity index (χ4n) is 2.90. The number of carbonyl (C=O) groups is 2. The predicted octanol–water partition coefficient (Wildman–Crippen LogP) is 4.56. The highest BCUT2D eigenvalue weighted by atomic mass is 79.9. The summed E-state index contributed by atoms with van der Waals surface area (Å²) in [5.74, 6) is 0.820. The molecular weight excluding hydrogens is 502 g/mol. The Kier molecular flexibility index (Phi) is 8.64. The van der Waals surface area contributed by atoms with Crippen LogP contribution >= 0.6 is 15.9 Å². The van der Waals surface area contributed by atoms with Crippen LogP contribution in [0.15, 0.2) is 70.2 Å². The monoisotopic (exact) mass is 525 g/mol. The maximum Gasteiger partial charge on any atom is 0.271 e. The van der Waals surface area contributed by atoms with Gasteiger partial charge in [0.05, 0.1) is 24.9 Å². The van der Waals surface area contributed by atoms with Crippen molar-refractivity contribution in [1.82, 2.24) is 5.43 Å². The van der Waals surface area contributed by atoms with E-state index in [-0.39, 0.29) is 18.4 Å². The quantitative estimate of drug-likeness (QED) is 0.315. The molecule has 0 heterocycles. The number of ether oxygens (including phenoxy) is 3. The zero-order valence-electron chi connectivity index (χ0n) is 18.9. The minimum Gasteiger partial charge on any atom is -0.497 e. The third kappa shape index (κ3) is 6.82. The van der Waals surface area contributed by atoms with Gasteiger partial charge < -0.3 is 19.5 Å². The highest BCUT2D eigenvalue weighted by Gasteiger charge is 2.14. The first-order valence-corrected chi connectivity index (χ1v) is 11.0. The largest absolute Gasteiger partial charge is 0.497 e. The first-order chi connectivity index (χ1) is 16.4. The molecule has 0 fully saturated rings. The second kappa shape index (κ2) is 11.9. The SMILES string of the molecule is COc1ccc(NC(=O)COc2c(Br)cc(/C=N/NC(=O)c3ccc(C)cc3)cc2OC)cc1. The topological polar surface area (TPSA) is 98.3 Å². The molecule has 0 aliphatic heterocycles. The highest BCUT2D eigenvalue weighted by Crippen LogP contribution is 2.36. The fraction of sp³-hybridized carbons (Fsp3) is 0.160. The number of carbonyl (C=O) groups excluding carboxylic acids is 2. The van der Waals surface area contributed by atoms with Crippen molar-refractivity contribution < 1.29 is 23.8 Å². The van der Waals surface area contributed by atoms with E-state index in [0.717, 1.165) is 5.56 Å². The maximum absolute atomic E-state index is 12.3. The average molecular weight is 526 g/mol. The van der Waals surface area contributed by atoms with Gasteiger partial charge in [0, 0.05) is 11.3 Å². The van der Waals surface area contributed by atoms with E-state index in [1.807, 2.05) is 19.1 Å². The van der Waals surface area contributed by atoms with Gasteiger partial charge in [0.25, 0.3) is 11.8 Å². The molecule has 0 aromatic heterocycles. The molecule has 34 heavy (non-hydrogen) atoms. The van der Waals surface area contributed by atoms with Gasteiger partial charge in [0.15, 0.2) is 18.1 Å².